The lowest BCUT2D eigenvalue weighted by Gasteiger charge is -2.16. The molecule has 0 radical (unpaired) electrons. The third-order valence-corrected chi connectivity index (χ3v) is 5.18. The van der Waals surface area contributed by atoms with Gasteiger partial charge in [0.1, 0.15) is 18.5 Å². The highest BCUT2D eigenvalue weighted by atomic mass is 17.1. The first kappa shape index (κ1) is 22.5. The summed E-state index contributed by atoms with van der Waals surface area (Å²) in [5.74, 6) is 0.742. The van der Waals surface area contributed by atoms with Crippen molar-refractivity contribution in [1.82, 2.24) is 4.57 Å². The second kappa shape index (κ2) is 11.3. The second-order valence-corrected chi connectivity index (χ2v) is 7.34. The van der Waals surface area contributed by atoms with Crippen LogP contribution in [0.2, 0.25) is 0 Å². The first-order valence-corrected chi connectivity index (χ1v) is 10.6. The van der Waals surface area contributed by atoms with Crippen molar-refractivity contribution in [3.8, 4) is 5.75 Å². The molecule has 0 spiro atoms. The van der Waals surface area contributed by atoms with E-state index in [9.17, 15) is 4.79 Å². The van der Waals surface area contributed by atoms with Crippen molar-refractivity contribution in [3.05, 3.63) is 95.3 Å². The number of ether oxygens (including phenoxy) is 1. The van der Waals surface area contributed by atoms with Crippen molar-refractivity contribution in [2.45, 2.75) is 39.3 Å². The Balaban J connectivity index is 1.66. The summed E-state index contributed by atoms with van der Waals surface area (Å²) in [7, 11) is 0. The molecule has 0 saturated heterocycles. The highest BCUT2D eigenvalue weighted by Crippen LogP contribution is 2.18. The lowest BCUT2D eigenvalue weighted by Crippen LogP contribution is -2.21. The molecule has 31 heavy (non-hydrogen) atoms. The fraction of sp³-hybridized carbons (Fsp3) is 0.269. The van der Waals surface area contributed by atoms with E-state index in [4.69, 9.17) is 9.99 Å². The minimum Gasteiger partial charge on any atom is -0.488 e. The first-order chi connectivity index (χ1) is 15.1. The SMILES string of the molecule is CCc1ccc(C(=O)c2cccn2C/C=C/c2cccc(O[C@@H](CC)COO)c2)cc1. The van der Waals surface area contributed by atoms with Gasteiger partial charge in [-0.15, -0.1) is 0 Å². The summed E-state index contributed by atoms with van der Waals surface area (Å²) in [6.45, 7) is 4.79. The lowest BCUT2D eigenvalue weighted by molar-refractivity contribution is -0.254. The molecule has 0 bridgehead atoms. The monoisotopic (exact) mass is 419 g/mol. The van der Waals surface area contributed by atoms with Gasteiger partial charge in [0.05, 0.1) is 5.69 Å². The van der Waals surface area contributed by atoms with E-state index >= 15 is 0 Å². The van der Waals surface area contributed by atoms with Crippen LogP contribution in [0, 0.1) is 0 Å². The Labute approximate surface area is 183 Å². The van der Waals surface area contributed by atoms with E-state index in [0.717, 1.165) is 24.2 Å². The number of aryl methyl sites for hydroxylation is 1. The van der Waals surface area contributed by atoms with Gasteiger partial charge in [-0.3, -0.25) is 10.1 Å². The van der Waals surface area contributed by atoms with Crippen LogP contribution in [0.3, 0.4) is 0 Å². The molecule has 0 aliphatic heterocycles. The standard InChI is InChI=1S/C26H29NO4/c1-3-20-12-14-22(15-13-20)26(28)25-11-7-17-27(25)16-6-9-21-8-5-10-24(18-21)31-23(4-2)19-30-29/h5-15,17-18,23,29H,3-4,16,19H2,1-2H3/b9-6+/t23-/m0/s1. The number of ketones is 1. The molecule has 0 aliphatic carbocycles. The van der Waals surface area contributed by atoms with E-state index < -0.39 is 0 Å². The number of benzene rings is 2. The van der Waals surface area contributed by atoms with Gasteiger partial charge in [-0.1, -0.05) is 62.4 Å². The Bertz CT molecular complexity index is 1000. The average Bonchev–Trinajstić information content (AvgIpc) is 3.27. The van der Waals surface area contributed by atoms with Gasteiger partial charge in [-0.2, -0.15) is 0 Å². The quantitative estimate of drug-likeness (QED) is 0.248. The smallest absolute Gasteiger partial charge is 0.209 e. The largest absolute Gasteiger partial charge is 0.488 e. The van der Waals surface area contributed by atoms with Gasteiger partial charge in [-0.25, -0.2) is 4.89 Å². The molecule has 0 unspecified atom stereocenters. The van der Waals surface area contributed by atoms with Gasteiger partial charge >= 0.3 is 0 Å². The maximum absolute atomic E-state index is 12.9. The van der Waals surface area contributed by atoms with Gasteiger partial charge in [0.15, 0.2) is 0 Å². The Morgan fingerprint density at radius 1 is 1.10 bits per heavy atom. The van der Waals surface area contributed by atoms with Gasteiger partial charge in [0.25, 0.3) is 0 Å². The van der Waals surface area contributed by atoms with Crippen molar-refractivity contribution in [2.24, 2.45) is 0 Å². The Morgan fingerprint density at radius 3 is 2.61 bits per heavy atom. The van der Waals surface area contributed by atoms with Crippen LogP contribution in [0.4, 0.5) is 0 Å². The number of hydrogen-bond donors (Lipinski definition) is 1. The van der Waals surface area contributed by atoms with Gasteiger partial charge in [-0.05, 0) is 48.2 Å². The summed E-state index contributed by atoms with van der Waals surface area (Å²) in [5, 5.41) is 8.65. The van der Waals surface area contributed by atoms with E-state index in [1.807, 2.05) is 90.5 Å². The van der Waals surface area contributed by atoms with Gasteiger partial charge in [0.2, 0.25) is 5.78 Å². The maximum Gasteiger partial charge on any atom is 0.209 e. The lowest BCUT2D eigenvalue weighted by atomic mass is 10.0. The second-order valence-electron chi connectivity index (χ2n) is 7.34. The molecule has 5 heteroatoms. The van der Waals surface area contributed by atoms with Crippen molar-refractivity contribution in [3.63, 3.8) is 0 Å². The topological polar surface area (TPSA) is 60.7 Å². The molecule has 1 heterocycles. The Hall–Kier alpha value is -3.15. The average molecular weight is 420 g/mol. The molecule has 1 N–H and O–H groups in total. The van der Waals surface area contributed by atoms with Crippen LogP contribution in [-0.2, 0) is 17.9 Å². The van der Waals surface area contributed by atoms with Crippen LogP contribution in [-0.4, -0.2) is 28.3 Å². The molecule has 5 nitrogen and oxygen atoms in total. The molecule has 0 saturated carbocycles. The normalized spacial score (nSPS) is 12.2. The molecule has 0 fully saturated rings. The summed E-state index contributed by atoms with van der Waals surface area (Å²) < 4.78 is 7.79. The molecular weight excluding hydrogens is 390 g/mol. The summed E-state index contributed by atoms with van der Waals surface area (Å²) in [5.41, 5.74) is 3.58. The number of hydrogen-bond acceptors (Lipinski definition) is 4. The number of carbonyl (C=O) groups excluding carboxylic acids is 1. The fourth-order valence-corrected chi connectivity index (χ4v) is 3.32. The van der Waals surface area contributed by atoms with E-state index in [1.165, 1.54) is 5.56 Å². The third kappa shape index (κ3) is 6.17. The summed E-state index contributed by atoms with van der Waals surface area (Å²) in [4.78, 5) is 17.1. The molecule has 1 aromatic heterocycles. The van der Waals surface area contributed by atoms with Crippen LogP contribution in [0.5, 0.6) is 5.75 Å². The summed E-state index contributed by atoms with van der Waals surface area (Å²) >= 11 is 0. The van der Waals surface area contributed by atoms with Gasteiger partial charge < -0.3 is 9.30 Å². The molecule has 162 valence electrons. The van der Waals surface area contributed by atoms with Crippen molar-refractivity contribution in [1.29, 1.82) is 0 Å². The molecule has 2 aromatic carbocycles. The van der Waals surface area contributed by atoms with Crippen LogP contribution in [0.1, 0.15) is 47.4 Å². The number of carbonyl (C=O) groups is 1. The molecule has 3 rings (SSSR count). The highest BCUT2D eigenvalue weighted by molar-refractivity contribution is 6.08. The predicted molar refractivity (Wildman–Crippen MR) is 122 cm³/mol. The van der Waals surface area contributed by atoms with Crippen LogP contribution in [0.25, 0.3) is 6.08 Å². The number of allylic oxidation sites excluding steroid dienone is 1. The predicted octanol–water partition coefficient (Wildman–Crippen LogP) is 5.64. The van der Waals surface area contributed by atoms with Crippen LogP contribution < -0.4 is 4.74 Å². The zero-order valence-corrected chi connectivity index (χ0v) is 18.0. The van der Waals surface area contributed by atoms with E-state index in [-0.39, 0.29) is 18.5 Å². The molecular formula is C26H29NO4. The molecule has 1 atom stereocenters. The third-order valence-electron chi connectivity index (χ3n) is 5.18. The Morgan fingerprint density at radius 2 is 1.90 bits per heavy atom. The molecule has 3 aromatic rings. The number of nitrogens with zero attached hydrogens (tertiary/aromatic N) is 1. The van der Waals surface area contributed by atoms with E-state index in [1.54, 1.807) is 0 Å². The van der Waals surface area contributed by atoms with Crippen molar-refractivity contribution >= 4 is 11.9 Å². The van der Waals surface area contributed by atoms with Crippen molar-refractivity contribution < 1.29 is 19.7 Å². The zero-order valence-electron chi connectivity index (χ0n) is 18.0. The van der Waals surface area contributed by atoms with Crippen LogP contribution in [0.15, 0.2) is 72.9 Å². The Kier molecular flexibility index (Phi) is 8.21. The zero-order chi connectivity index (χ0) is 22.1. The first-order valence-electron chi connectivity index (χ1n) is 10.6. The fourth-order valence-electron chi connectivity index (χ4n) is 3.32. The van der Waals surface area contributed by atoms with Gasteiger partial charge in [0, 0.05) is 18.3 Å². The molecule has 0 amide bonds. The number of rotatable bonds is 11. The highest BCUT2D eigenvalue weighted by Gasteiger charge is 2.13. The van der Waals surface area contributed by atoms with Crippen LogP contribution >= 0.6 is 0 Å². The molecule has 0 aliphatic rings. The maximum atomic E-state index is 12.9. The number of aromatic nitrogens is 1. The van der Waals surface area contributed by atoms with E-state index in [2.05, 4.69) is 11.8 Å². The minimum atomic E-state index is -0.205. The minimum absolute atomic E-state index is 0.0214. The summed E-state index contributed by atoms with van der Waals surface area (Å²) in [6, 6.07) is 19.3. The van der Waals surface area contributed by atoms with E-state index in [0.29, 0.717) is 17.8 Å². The van der Waals surface area contributed by atoms with Crippen molar-refractivity contribution in [2.75, 3.05) is 6.61 Å². The summed E-state index contributed by atoms with van der Waals surface area (Å²) in [6.07, 6.45) is 7.41.